The number of halogens is 2. The first-order valence-corrected chi connectivity index (χ1v) is 9.21. The summed E-state index contributed by atoms with van der Waals surface area (Å²) in [5.41, 5.74) is 7.27. The molecule has 1 heterocycles. The highest BCUT2D eigenvalue weighted by Gasteiger charge is 2.22. The van der Waals surface area contributed by atoms with Crippen LogP contribution in [-0.2, 0) is 4.74 Å². The van der Waals surface area contributed by atoms with Crippen LogP contribution in [0.5, 0.6) is 0 Å². The minimum atomic E-state index is 0. The average Bonchev–Trinajstić information content (AvgIpc) is 2.56. The molecule has 0 radical (unpaired) electrons. The first-order chi connectivity index (χ1) is 11.7. The Kier molecular flexibility index (Phi) is 8.75. The van der Waals surface area contributed by atoms with Crippen molar-refractivity contribution in [3.8, 4) is 0 Å². The number of ether oxygens (including phenoxy) is 1. The molecule has 5 nitrogen and oxygen atoms in total. The van der Waals surface area contributed by atoms with Gasteiger partial charge < -0.3 is 15.8 Å². The Hall–Kier alpha value is -0.570. The van der Waals surface area contributed by atoms with E-state index < -0.39 is 0 Å². The van der Waals surface area contributed by atoms with E-state index in [-0.39, 0.29) is 30.0 Å². The van der Waals surface area contributed by atoms with E-state index in [1.807, 2.05) is 12.1 Å². The summed E-state index contributed by atoms with van der Waals surface area (Å²) in [6.07, 6.45) is 3.96. The second-order valence-corrected chi connectivity index (χ2v) is 7.06. The van der Waals surface area contributed by atoms with Crippen LogP contribution in [0.25, 0.3) is 0 Å². The zero-order valence-electron chi connectivity index (χ0n) is 14.5. The third kappa shape index (κ3) is 6.27. The molecule has 0 aromatic heterocycles. The van der Waals surface area contributed by atoms with E-state index in [1.165, 1.54) is 24.8 Å². The van der Waals surface area contributed by atoms with Crippen LogP contribution in [0.4, 0.5) is 0 Å². The second kappa shape index (κ2) is 10.5. The standard InChI is InChI=1S/C18H27ClN4O.HI/c19-16-6-4-15(5-7-16)17(23-8-10-24-11-9-23)13-22-18(20)21-12-14-2-1-3-14;/h4-7,14,17H,1-3,8-13H2,(H3,20,21,22);1H. The number of morpholine rings is 1. The van der Waals surface area contributed by atoms with E-state index in [2.05, 4.69) is 27.3 Å². The molecule has 0 spiro atoms. The maximum atomic E-state index is 6.06. The molecule has 1 aliphatic heterocycles. The van der Waals surface area contributed by atoms with Crippen molar-refractivity contribution >= 4 is 41.5 Å². The predicted molar refractivity (Wildman–Crippen MR) is 114 cm³/mol. The van der Waals surface area contributed by atoms with E-state index in [9.17, 15) is 0 Å². The average molecular weight is 479 g/mol. The van der Waals surface area contributed by atoms with Gasteiger partial charge in [-0.25, -0.2) is 0 Å². The van der Waals surface area contributed by atoms with Crippen LogP contribution in [-0.4, -0.2) is 50.3 Å². The smallest absolute Gasteiger partial charge is 0.188 e. The maximum Gasteiger partial charge on any atom is 0.188 e. The molecule has 3 rings (SSSR count). The summed E-state index contributed by atoms with van der Waals surface area (Å²) in [6, 6.07) is 8.24. The van der Waals surface area contributed by atoms with Crippen molar-refractivity contribution in [1.29, 1.82) is 0 Å². The quantitative estimate of drug-likeness (QED) is 0.375. The summed E-state index contributed by atoms with van der Waals surface area (Å²) >= 11 is 6.03. The largest absolute Gasteiger partial charge is 0.379 e. The molecule has 1 atom stereocenters. The van der Waals surface area contributed by atoms with Gasteiger partial charge in [-0.15, -0.1) is 24.0 Å². The molecule has 25 heavy (non-hydrogen) atoms. The molecule has 7 heteroatoms. The summed E-state index contributed by atoms with van der Waals surface area (Å²) in [5.74, 6) is 1.32. The molecule has 3 N–H and O–H groups in total. The number of hydrogen-bond acceptors (Lipinski definition) is 3. The number of nitrogens with zero attached hydrogens (tertiary/aromatic N) is 2. The van der Waals surface area contributed by atoms with E-state index in [0.717, 1.165) is 43.8 Å². The first kappa shape index (κ1) is 20.7. The predicted octanol–water partition coefficient (Wildman–Crippen LogP) is 3.04. The van der Waals surface area contributed by atoms with Crippen LogP contribution in [0.15, 0.2) is 29.3 Å². The fourth-order valence-electron chi connectivity index (χ4n) is 3.19. The highest BCUT2D eigenvalue weighted by molar-refractivity contribution is 14.0. The summed E-state index contributed by atoms with van der Waals surface area (Å²) in [7, 11) is 0. The number of hydrogen-bond donors (Lipinski definition) is 2. The number of nitrogens with two attached hydrogens (primary N) is 1. The second-order valence-electron chi connectivity index (χ2n) is 6.62. The highest BCUT2D eigenvalue weighted by atomic mass is 127. The lowest BCUT2D eigenvalue weighted by Crippen LogP contribution is -2.41. The fraction of sp³-hybridized carbons (Fsp3) is 0.611. The van der Waals surface area contributed by atoms with Crippen molar-refractivity contribution in [2.45, 2.75) is 25.3 Å². The van der Waals surface area contributed by atoms with E-state index >= 15 is 0 Å². The fourth-order valence-corrected chi connectivity index (χ4v) is 3.32. The third-order valence-corrected chi connectivity index (χ3v) is 5.22. The van der Waals surface area contributed by atoms with Crippen molar-refractivity contribution in [2.75, 3.05) is 39.4 Å². The van der Waals surface area contributed by atoms with E-state index in [1.54, 1.807) is 0 Å². The zero-order valence-corrected chi connectivity index (χ0v) is 17.6. The van der Waals surface area contributed by atoms with E-state index in [0.29, 0.717) is 12.5 Å². The van der Waals surface area contributed by atoms with Gasteiger partial charge in [0.15, 0.2) is 5.96 Å². The molecule has 140 valence electrons. The molecule has 1 saturated carbocycles. The normalized spacial score (nSPS) is 20.4. The van der Waals surface area contributed by atoms with Crippen molar-refractivity contribution in [2.24, 2.45) is 16.6 Å². The molecular weight excluding hydrogens is 451 g/mol. The minimum absolute atomic E-state index is 0. The molecule has 1 unspecified atom stereocenters. The lowest BCUT2D eigenvalue weighted by Gasteiger charge is -2.34. The van der Waals surface area contributed by atoms with Crippen molar-refractivity contribution < 1.29 is 4.74 Å². The van der Waals surface area contributed by atoms with Gasteiger partial charge in [0.1, 0.15) is 0 Å². The van der Waals surface area contributed by atoms with Crippen molar-refractivity contribution in [3.63, 3.8) is 0 Å². The van der Waals surface area contributed by atoms with Gasteiger partial charge in [-0.3, -0.25) is 9.89 Å². The zero-order chi connectivity index (χ0) is 16.8. The van der Waals surface area contributed by atoms with Crippen LogP contribution >= 0.6 is 35.6 Å². The molecule has 2 aliphatic rings. The Morgan fingerprint density at radius 3 is 2.56 bits per heavy atom. The molecule has 1 aliphatic carbocycles. The van der Waals surface area contributed by atoms with Crippen LogP contribution < -0.4 is 11.1 Å². The van der Waals surface area contributed by atoms with Crippen molar-refractivity contribution in [1.82, 2.24) is 10.2 Å². The van der Waals surface area contributed by atoms with Gasteiger partial charge in [0.25, 0.3) is 0 Å². The van der Waals surface area contributed by atoms with Gasteiger partial charge >= 0.3 is 0 Å². The number of aliphatic imine (C=N–C) groups is 1. The summed E-state index contributed by atoms with van der Waals surface area (Å²) in [4.78, 5) is 7.01. The highest BCUT2D eigenvalue weighted by Crippen LogP contribution is 2.25. The van der Waals surface area contributed by atoms with Gasteiger partial charge in [0.2, 0.25) is 0 Å². The Balaban J connectivity index is 0.00000225. The molecule has 2 fully saturated rings. The molecule has 0 bridgehead atoms. The van der Waals surface area contributed by atoms with Gasteiger partial charge in [-0.05, 0) is 36.5 Å². The molecule has 0 amide bonds. The van der Waals surface area contributed by atoms with Crippen LogP contribution in [0, 0.1) is 5.92 Å². The Morgan fingerprint density at radius 1 is 1.28 bits per heavy atom. The van der Waals surface area contributed by atoms with Gasteiger partial charge in [0, 0.05) is 24.7 Å². The monoisotopic (exact) mass is 478 g/mol. The van der Waals surface area contributed by atoms with E-state index in [4.69, 9.17) is 22.1 Å². The van der Waals surface area contributed by atoms with Crippen molar-refractivity contribution in [3.05, 3.63) is 34.9 Å². The number of rotatable bonds is 6. The lowest BCUT2D eigenvalue weighted by molar-refractivity contribution is 0.0180. The summed E-state index contributed by atoms with van der Waals surface area (Å²) < 4.78 is 5.48. The molecule has 1 saturated heterocycles. The number of guanidine groups is 1. The molecular formula is C18H28ClIN4O. The SMILES string of the molecule is I.NC(=NCC(c1ccc(Cl)cc1)N1CCOCC1)NCC1CCC1. The number of benzene rings is 1. The Morgan fingerprint density at radius 2 is 1.96 bits per heavy atom. The Labute approximate surface area is 172 Å². The van der Waals surface area contributed by atoms with Gasteiger partial charge in [0.05, 0.1) is 25.8 Å². The summed E-state index contributed by atoms with van der Waals surface area (Å²) in [5, 5.41) is 4.02. The maximum absolute atomic E-state index is 6.06. The third-order valence-electron chi connectivity index (χ3n) is 4.97. The molecule has 1 aromatic carbocycles. The Bertz CT molecular complexity index is 545. The summed E-state index contributed by atoms with van der Waals surface area (Å²) in [6.45, 7) is 4.95. The topological polar surface area (TPSA) is 62.9 Å². The van der Waals surface area contributed by atoms with Crippen LogP contribution in [0.3, 0.4) is 0 Å². The van der Waals surface area contributed by atoms with Crippen LogP contribution in [0.2, 0.25) is 5.02 Å². The van der Waals surface area contributed by atoms with Gasteiger partial charge in [-0.1, -0.05) is 30.2 Å². The van der Waals surface area contributed by atoms with Gasteiger partial charge in [-0.2, -0.15) is 0 Å². The van der Waals surface area contributed by atoms with Crippen LogP contribution in [0.1, 0.15) is 30.9 Å². The minimum Gasteiger partial charge on any atom is -0.379 e. The number of nitrogens with one attached hydrogen (secondary N) is 1. The first-order valence-electron chi connectivity index (χ1n) is 8.83. The molecule has 1 aromatic rings. The lowest BCUT2D eigenvalue weighted by atomic mass is 9.85.